The molecule has 9 heteroatoms. The van der Waals surface area contributed by atoms with E-state index in [1.807, 2.05) is 43.0 Å². The van der Waals surface area contributed by atoms with E-state index >= 15 is 0 Å². The summed E-state index contributed by atoms with van der Waals surface area (Å²) in [7, 11) is 0. The number of halogens is 3. The predicted molar refractivity (Wildman–Crippen MR) is 148 cm³/mol. The van der Waals surface area contributed by atoms with Gasteiger partial charge in [-0.2, -0.15) is 0 Å². The monoisotopic (exact) mass is 627 g/mol. The second-order valence-electron chi connectivity index (χ2n) is 9.70. The van der Waals surface area contributed by atoms with Gasteiger partial charge >= 0.3 is 0 Å². The van der Waals surface area contributed by atoms with Crippen molar-refractivity contribution in [1.29, 1.82) is 0 Å². The van der Waals surface area contributed by atoms with Gasteiger partial charge in [-0.3, -0.25) is 9.59 Å². The second-order valence-corrected chi connectivity index (χ2v) is 10.9. The van der Waals surface area contributed by atoms with Gasteiger partial charge in [-0.15, -0.1) is 0 Å². The van der Waals surface area contributed by atoms with Crippen LogP contribution < -0.4 is 10.6 Å². The van der Waals surface area contributed by atoms with Gasteiger partial charge in [0.25, 0.3) is 0 Å². The van der Waals surface area contributed by atoms with Crippen LogP contribution in [0.4, 0.5) is 8.78 Å². The highest BCUT2D eigenvalue weighted by atomic mass is 127. The molecule has 0 radical (unpaired) electrons. The molecule has 6 nitrogen and oxygen atoms in total. The standard InChI is InChI=1S/C28H36F2IN3O3/c1-3-8-34(9-4-2)28(37)24-15-23(24)27(36)33-25(13-19-10-20(29)14-21(30)11-19)26(35)17-32-16-18-6-5-7-22(31)12-18/h5-7,10-12,14,23-26,32,35H,3-4,8-9,13,15-17H2,1-2H3,(H,33,36)/t23-,24-,25+,26-/m1/s1. The van der Waals surface area contributed by atoms with Crippen LogP contribution in [0.25, 0.3) is 0 Å². The lowest BCUT2D eigenvalue weighted by Crippen LogP contribution is -2.49. The van der Waals surface area contributed by atoms with Gasteiger partial charge in [0.2, 0.25) is 11.8 Å². The molecule has 0 spiro atoms. The third-order valence-corrected chi connectivity index (χ3v) is 7.16. The molecule has 0 aliphatic heterocycles. The van der Waals surface area contributed by atoms with Gasteiger partial charge in [-0.1, -0.05) is 26.0 Å². The van der Waals surface area contributed by atoms with Gasteiger partial charge in [0.1, 0.15) is 11.6 Å². The normalized spacial score (nSPS) is 18.2. The van der Waals surface area contributed by atoms with Crippen molar-refractivity contribution in [2.75, 3.05) is 19.6 Å². The molecule has 2 amide bonds. The zero-order valence-corrected chi connectivity index (χ0v) is 23.5. The number of hydrogen-bond acceptors (Lipinski definition) is 4. The van der Waals surface area contributed by atoms with Crippen LogP contribution in [0.2, 0.25) is 0 Å². The van der Waals surface area contributed by atoms with E-state index in [-0.39, 0.29) is 30.7 Å². The number of nitrogens with zero attached hydrogens (tertiary/aromatic N) is 1. The van der Waals surface area contributed by atoms with Crippen LogP contribution in [0, 0.1) is 27.0 Å². The van der Waals surface area contributed by atoms with E-state index in [0.717, 1.165) is 28.0 Å². The molecule has 0 aromatic heterocycles. The summed E-state index contributed by atoms with van der Waals surface area (Å²) in [6.45, 7) is 6.04. The fourth-order valence-corrected chi connectivity index (χ4v) is 5.18. The summed E-state index contributed by atoms with van der Waals surface area (Å²) in [6.07, 6.45) is 1.21. The highest BCUT2D eigenvalue weighted by Crippen LogP contribution is 2.40. The van der Waals surface area contributed by atoms with E-state index in [4.69, 9.17) is 0 Å². The Labute approximate surface area is 231 Å². The van der Waals surface area contributed by atoms with Gasteiger partial charge in [0.15, 0.2) is 0 Å². The van der Waals surface area contributed by atoms with Crippen LogP contribution in [0.3, 0.4) is 0 Å². The molecule has 4 atom stereocenters. The number of carbonyl (C=O) groups excluding carboxylic acids is 2. The van der Waals surface area contributed by atoms with Crippen LogP contribution >= 0.6 is 22.6 Å². The Balaban J connectivity index is 1.65. The van der Waals surface area contributed by atoms with Gasteiger partial charge < -0.3 is 20.6 Å². The number of rotatable bonds is 14. The summed E-state index contributed by atoms with van der Waals surface area (Å²) in [5.41, 5.74) is 1.38. The Morgan fingerprint density at radius 2 is 1.73 bits per heavy atom. The Morgan fingerprint density at radius 1 is 1.05 bits per heavy atom. The van der Waals surface area contributed by atoms with Crippen molar-refractivity contribution in [2.24, 2.45) is 11.8 Å². The first kappa shape index (κ1) is 29.4. The zero-order chi connectivity index (χ0) is 26.9. The van der Waals surface area contributed by atoms with E-state index in [2.05, 4.69) is 33.2 Å². The molecule has 202 valence electrons. The Kier molecular flexibility index (Phi) is 11.3. The van der Waals surface area contributed by atoms with Crippen molar-refractivity contribution in [2.45, 2.75) is 58.2 Å². The fraction of sp³-hybridized carbons (Fsp3) is 0.500. The van der Waals surface area contributed by atoms with E-state index in [9.17, 15) is 23.5 Å². The summed E-state index contributed by atoms with van der Waals surface area (Å²) in [5, 5.41) is 17.0. The summed E-state index contributed by atoms with van der Waals surface area (Å²) in [5.74, 6) is -2.57. The number of amides is 2. The minimum absolute atomic E-state index is 0.00712. The van der Waals surface area contributed by atoms with E-state index in [1.54, 1.807) is 0 Å². The molecule has 1 aliphatic carbocycles. The number of nitrogens with one attached hydrogen (secondary N) is 2. The topological polar surface area (TPSA) is 81.7 Å². The molecule has 0 saturated heterocycles. The van der Waals surface area contributed by atoms with Gasteiger partial charge in [0.05, 0.1) is 24.0 Å². The van der Waals surface area contributed by atoms with Gasteiger partial charge in [0, 0.05) is 35.8 Å². The quantitative estimate of drug-likeness (QED) is 0.277. The highest BCUT2D eigenvalue weighted by molar-refractivity contribution is 14.1. The van der Waals surface area contributed by atoms with Crippen LogP contribution in [0.1, 0.15) is 44.2 Å². The molecular formula is C28H36F2IN3O3. The molecular weight excluding hydrogens is 591 g/mol. The number of hydrogen-bond donors (Lipinski definition) is 3. The molecule has 37 heavy (non-hydrogen) atoms. The Hall–Kier alpha value is -2.11. The Bertz CT molecular complexity index is 1040. The van der Waals surface area contributed by atoms with Crippen molar-refractivity contribution in [3.8, 4) is 0 Å². The number of aliphatic hydroxyl groups is 1. The summed E-state index contributed by atoms with van der Waals surface area (Å²) >= 11 is 2.23. The molecule has 2 aromatic carbocycles. The molecule has 1 saturated carbocycles. The number of benzene rings is 2. The average Bonchev–Trinajstić information content (AvgIpc) is 3.63. The third-order valence-electron chi connectivity index (χ3n) is 6.48. The lowest BCUT2D eigenvalue weighted by atomic mass is 10.00. The smallest absolute Gasteiger partial charge is 0.226 e. The highest BCUT2D eigenvalue weighted by Gasteiger charge is 2.49. The number of carbonyl (C=O) groups is 2. The van der Waals surface area contributed by atoms with Crippen molar-refractivity contribution in [1.82, 2.24) is 15.5 Å². The first-order valence-corrected chi connectivity index (χ1v) is 14.0. The maximum absolute atomic E-state index is 13.8. The lowest BCUT2D eigenvalue weighted by molar-refractivity contribution is -0.135. The van der Waals surface area contributed by atoms with E-state index < -0.39 is 29.7 Å². The van der Waals surface area contributed by atoms with Crippen molar-refractivity contribution in [3.63, 3.8) is 0 Å². The van der Waals surface area contributed by atoms with Crippen LogP contribution in [-0.4, -0.2) is 53.6 Å². The molecule has 1 aliphatic rings. The van der Waals surface area contributed by atoms with Crippen LogP contribution in [0.5, 0.6) is 0 Å². The predicted octanol–water partition coefficient (Wildman–Crippen LogP) is 4.03. The first-order valence-electron chi connectivity index (χ1n) is 12.9. The average molecular weight is 628 g/mol. The molecule has 3 N–H and O–H groups in total. The minimum atomic E-state index is -1.01. The maximum Gasteiger partial charge on any atom is 0.226 e. The van der Waals surface area contributed by atoms with Crippen molar-refractivity contribution >= 4 is 34.4 Å². The molecule has 2 aromatic rings. The summed E-state index contributed by atoms with van der Waals surface area (Å²) in [4.78, 5) is 27.8. The van der Waals surface area contributed by atoms with Crippen molar-refractivity contribution in [3.05, 3.63) is 68.8 Å². The summed E-state index contributed by atoms with van der Waals surface area (Å²) in [6, 6.07) is 10.3. The summed E-state index contributed by atoms with van der Waals surface area (Å²) < 4.78 is 28.7. The largest absolute Gasteiger partial charge is 0.390 e. The zero-order valence-electron chi connectivity index (χ0n) is 21.4. The molecule has 0 heterocycles. The Morgan fingerprint density at radius 3 is 2.35 bits per heavy atom. The van der Waals surface area contributed by atoms with Gasteiger partial charge in [-0.25, -0.2) is 8.78 Å². The fourth-order valence-electron chi connectivity index (χ4n) is 4.57. The maximum atomic E-state index is 13.8. The minimum Gasteiger partial charge on any atom is -0.390 e. The molecule has 3 rings (SSSR count). The van der Waals surface area contributed by atoms with E-state index in [1.165, 1.54) is 12.1 Å². The first-order chi connectivity index (χ1) is 17.7. The third kappa shape index (κ3) is 9.00. The SMILES string of the molecule is CCCN(CCC)C(=O)[C@@H]1C[C@H]1C(=O)N[C@@H](Cc1cc(F)cc(F)c1)[C@H](O)CNCc1cccc(I)c1. The molecule has 0 unspecified atom stereocenters. The molecule has 1 fully saturated rings. The van der Waals surface area contributed by atoms with Crippen LogP contribution in [-0.2, 0) is 22.6 Å². The van der Waals surface area contributed by atoms with Crippen LogP contribution in [0.15, 0.2) is 42.5 Å². The lowest BCUT2D eigenvalue weighted by Gasteiger charge is -2.25. The van der Waals surface area contributed by atoms with Gasteiger partial charge in [-0.05, 0) is 83.7 Å². The van der Waals surface area contributed by atoms with Crippen molar-refractivity contribution < 1.29 is 23.5 Å². The second kappa shape index (κ2) is 14.2. The number of aliphatic hydroxyl groups excluding tert-OH is 1. The van der Waals surface area contributed by atoms with E-state index in [0.29, 0.717) is 31.6 Å². The molecule has 0 bridgehead atoms.